The van der Waals surface area contributed by atoms with E-state index >= 15 is 0 Å². The Balaban J connectivity index is 1.14. The number of piperazine rings is 1. The molecule has 2 aromatic heterocycles. The average Bonchev–Trinajstić information content (AvgIpc) is 3.61. The van der Waals surface area contributed by atoms with E-state index in [4.69, 9.17) is 16.3 Å². The molecule has 4 heterocycles. The van der Waals surface area contributed by atoms with Crippen LogP contribution in [0.1, 0.15) is 47.4 Å². The summed E-state index contributed by atoms with van der Waals surface area (Å²) in [6.45, 7) is 10.6. The van der Waals surface area contributed by atoms with Gasteiger partial charge < -0.3 is 34.6 Å². The fourth-order valence-electron chi connectivity index (χ4n) is 5.30. The monoisotopic (exact) mass is 705 g/mol. The molecule has 2 fully saturated rings. The van der Waals surface area contributed by atoms with Crippen LogP contribution in [0.5, 0.6) is 0 Å². The summed E-state index contributed by atoms with van der Waals surface area (Å²) in [4.78, 5) is 59.9. The van der Waals surface area contributed by atoms with Gasteiger partial charge in [-0.15, -0.1) is 0 Å². The lowest BCUT2D eigenvalue weighted by Gasteiger charge is -2.41. The van der Waals surface area contributed by atoms with Crippen molar-refractivity contribution >= 4 is 47.4 Å². The van der Waals surface area contributed by atoms with Crippen molar-refractivity contribution < 1.29 is 37.1 Å². The lowest BCUT2D eigenvalue weighted by Crippen LogP contribution is -2.64. The molecule has 0 spiro atoms. The first kappa shape index (κ1) is 35.3. The van der Waals surface area contributed by atoms with Gasteiger partial charge in [0.1, 0.15) is 5.60 Å². The summed E-state index contributed by atoms with van der Waals surface area (Å²) in [5, 5.41) is 9.06. The molecule has 0 saturated carbocycles. The first-order valence-electron chi connectivity index (χ1n) is 15.2. The van der Waals surface area contributed by atoms with Crippen LogP contribution in [0, 0.1) is 0 Å². The average molecular weight is 706 g/mol. The Kier molecular flexibility index (Phi) is 9.68. The second kappa shape index (κ2) is 13.4. The van der Waals surface area contributed by atoms with Crippen molar-refractivity contribution in [2.75, 3.05) is 44.6 Å². The molecule has 18 heteroatoms. The van der Waals surface area contributed by atoms with Crippen LogP contribution >= 0.6 is 11.6 Å². The van der Waals surface area contributed by atoms with E-state index in [0.29, 0.717) is 13.1 Å². The number of urea groups is 1. The topological polar surface area (TPSA) is 147 Å². The molecule has 49 heavy (non-hydrogen) atoms. The Morgan fingerprint density at radius 1 is 1.04 bits per heavy atom. The molecule has 2 aliphatic heterocycles. The number of anilines is 1. The van der Waals surface area contributed by atoms with Gasteiger partial charge in [-0.05, 0) is 39.0 Å². The van der Waals surface area contributed by atoms with Crippen LogP contribution in [0.3, 0.4) is 0 Å². The van der Waals surface area contributed by atoms with Crippen LogP contribution in [-0.4, -0.2) is 109 Å². The number of rotatable bonds is 6. The predicted octanol–water partition coefficient (Wildman–Crippen LogP) is 4.40. The maximum atomic E-state index is 13.6. The van der Waals surface area contributed by atoms with Crippen molar-refractivity contribution in [3.8, 4) is 11.3 Å². The van der Waals surface area contributed by atoms with Gasteiger partial charge in [-0.3, -0.25) is 9.59 Å². The van der Waals surface area contributed by atoms with Crippen molar-refractivity contribution in [1.82, 2.24) is 39.3 Å². The van der Waals surface area contributed by atoms with Crippen molar-refractivity contribution in [3.05, 3.63) is 59.3 Å². The van der Waals surface area contributed by atoms with Crippen molar-refractivity contribution in [2.45, 2.75) is 38.6 Å². The van der Waals surface area contributed by atoms with E-state index in [0.717, 1.165) is 23.3 Å². The van der Waals surface area contributed by atoms with Gasteiger partial charge in [-0.1, -0.05) is 18.2 Å². The number of nitrogens with one attached hydrogen (secondary N) is 2. The van der Waals surface area contributed by atoms with E-state index < -0.39 is 29.5 Å². The minimum Gasteiger partial charge on any atom is -0.444 e. The number of hydrogen-bond donors (Lipinski definition) is 2. The summed E-state index contributed by atoms with van der Waals surface area (Å²) in [5.74, 6) is -1.25. The first-order chi connectivity index (χ1) is 22.9. The van der Waals surface area contributed by atoms with E-state index in [1.54, 1.807) is 30.6 Å². The first-order valence-corrected chi connectivity index (χ1v) is 15.6. The minimum atomic E-state index is -4.75. The predicted molar refractivity (Wildman–Crippen MR) is 173 cm³/mol. The molecule has 5 amide bonds. The van der Waals surface area contributed by atoms with Crippen molar-refractivity contribution in [3.63, 3.8) is 0 Å². The molecule has 0 atom stereocenters. The molecule has 3 aromatic rings. The smallest absolute Gasteiger partial charge is 0.435 e. The van der Waals surface area contributed by atoms with Crippen LogP contribution in [0.4, 0.5) is 28.4 Å². The van der Waals surface area contributed by atoms with Crippen LogP contribution in [0.15, 0.2) is 37.2 Å². The largest absolute Gasteiger partial charge is 0.444 e. The second-order valence-corrected chi connectivity index (χ2v) is 12.9. The number of alkyl halides is 3. The lowest BCUT2D eigenvalue weighted by molar-refractivity contribution is -0.140. The Morgan fingerprint density at radius 2 is 1.69 bits per heavy atom. The number of likely N-dealkylation sites (tertiary alicyclic amines) is 1. The number of amides is 5. The number of imidazole rings is 1. The molecule has 5 rings (SSSR count). The summed E-state index contributed by atoms with van der Waals surface area (Å²) in [5.41, 5.74) is -1.61. The van der Waals surface area contributed by atoms with Gasteiger partial charge in [0.05, 0.1) is 34.1 Å². The number of carbonyl (C=O) groups excluding carboxylic acids is 4. The standard InChI is InChI=1S/C31H35ClF3N9O5/c1-6-44-17-21(24(39-44)31(33,34)35)23-14-36-25(40(23)5)26(45)37-18-7-8-20(22(32)13-18)27(46)41-9-11-42(12-10-41)28(47)38-19-15-43(16-19)29(48)49-30(2,3)4/h6-8,13-14,17,19H,1,9-12,15-16H2,2-5H3,(H,37,45)(H,38,47). The fraction of sp³-hybridized carbons (Fsp3) is 0.419. The van der Waals surface area contributed by atoms with Gasteiger partial charge in [0.2, 0.25) is 0 Å². The number of ether oxygens (including phenoxy) is 1. The van der Waals surface area contributed by atoms with E-state index in [1.165, 1.54) is 34.7 Å². The summed E-state index contributed by atoms with van der Waals surface area (Å²) in [7, 11) is 1.40. The van der Waals surface area contributed by atoms with Crippen LogP contribution in [-0.2, 0) is 18.0 Å². The minimum absolute atomic E-state index is 0.00927. The zero-order valence-corrected chi connectivity index (χ0v) is 27.9. The maximum absolute atomic E-state index is 13.6. The van der Waals surface area contributed by atoms with Gasteiger partial charge in [0.15, 0.2) is 11.5 Å². The Bertz CT molecular complexity index is 1790. The van der Waals surface area contributed by atoms with E-state index in [2.05, 4.69) is 27.3 Å². The fourth-order valence-corrected chi connectivity index (χ4v) is 5.56. The highest BCUT2D eigenvalue weighted by Crippen LogP contribution is 2.36. The van der Waals surface area contributed by atoms with E-state index in [1.807, 2.05) is 0 Å². The third kappa shape index (κ3) is 7.82. The number of hydrogen-bond acceptors (Lipinski definition) is 7. The Hall–Kier alpha value is -5.06. The molecular formula is C31H35ClF3N9O5. The number of halogens is 4. The zero-order valence-electron chi connectivity index (χ0n) is 27.2. The third-order valence-corrected chi connectivity index (χ3v) is 8.14. The van der Waals surface area contributed by atoms with Gasteiger partial charge in [0, 0.05) is 64.4 Å². The molecule has 2 N–H and O–H groups in total. The highest BCUT2D eigenvalue weighted by atomic mass is 35.5. The molecule has 0 bridgehead atoms. The quantitative estimate of drug-likeness (QED) is 0.387. The van der Waals surface area contributed by atoms with Gasteiger partial charge in [-0.2, -0.15) is 18.3 Å². The molecule has 14 nitrogen and oxygen atoms in total. The lowest BCUT2D eigenvalue weighted by atomic mass is 10.1. The zero-order chi connectivity index (χ0) is 35.8. The molecule has 262 valence electrons. The van der Waals surface area contributed by atoms with Crippen LogP contribution < -0.4 is 10.6 Å². The van der Waals surface area contributed by atoms with Crippen molar-refractivity contribution in [1.29, 1.82) is 0 Å². The number of nitrogens with zero attached hydrogens (tertiary/aromatic N) is 7. The second-order valence-electron chi connectivity index (χ2n) is 12.5. The van der Waals surface area contributed by atoms with Crippen molar-refractivity contribution in [2.24, 2.45) is 7.05 Å². The maximum Gasteiger partial charge on any atom is 0.435 e. The molecule has 0 aliphatic carbocycles. The molecule has 2 saturated heterocycles. The van der Waals surface area contributed by atoms with E-state index in [-0.39, 0.29) is 77.5 Å². The Morgan fingerprint density at radius 3 is 2.29 bits per heavy atom. The summed E-state index contributed by atoms with van der Waals surface area (Å²) >= 11 is 6.44. The summed E-state index contributed by atoms with van der Waals surface area (Å²) < 4.78 is 48.2. The summed E-state index contributed by atoms with van der Waals surface area (Å²) in [6.07, 6.45) is -1.79. The van der Waals surface area contributed by atoms with Crippen LogP contribution in [0.2, 0.25) is 5.02 Å². The highest BCUT2D eigenvalue weighted by Gasteiger charge is 2.39. The molecular weight excluding hydrogens is 671 g/mol. The number of carbonyl (C=O) groups is 4. The van der Waals surface area contributed by atoms with E-state index in [9.17, 15) is 32.3 Å². The van der Waals surface area contributed by atoms with Gasteiger partial charge in [-0.25, -0.2) is 19.3 Å². The molecule has 2 aliphatic rings. The Labute approximate surface area is 284 Å². The molecule has 0 unspecified atom stereocenters. The molecule has 0 radical (unpaired) electrons. The number of benzene rings is 1. The normalized spacial score (nSPS) is 15.5. The van der Waals surface area contributed by atoms with Gasteiger partial charge in [0.25, 0.3) is 11.8 Å². The highest BCUT2D eigenvalue weighted by molar-refractivity contribution is 6.34. The number of aromatic nitrogens is 4. The third-order valence-electron chi connectivity index (χ3n) is 7.83. The SMILES string of the molecule is C=Cn1cc(-c2cnc(C(=O)Nc3ccc(C(=O)N4CCN(C(=O)NC5CN(C(=O)OC(C)(C)C)C5)CC4)c(Cl)c3)n2C)c(C(F)(F)F)n1. The van der Waals surface area contributed by atoms with Crippen LogP contribution in [0.25, 0.3) is 17.5 Å². The van der Waals surface area contributed by atoms with Gasteiger partial charge >= 0.3 is 18.3 Å². The summed E-state index contributed by atoms with van der Waals surface area (Å²) in [6, 6.07) is 3.83. The molecule has 1 aromatic carbocycles.